The quantitative estimate of drug-likeness (QED) is 0.661. The third kappa shape index (κ3) is 6.44. The summed E-state index contributed by atoms with van der Waals surface area (Å²) in [6.07, 6.45) is 2.77. The van der Waals surface area contributed by atoms with Crippen molar-refractivity contribution in [1.82, 2.24) is 9.62 Å². The second kappa shape index (κ2) is 11.1. The first-order chi connectivity index (χ1) is 12.8. The molecule has 1 heterocycles. The Labute approximate surface area is 175 Å². The third-order valence-corrected chi connectivity index (χ3v) is 7.18. The van der Waals surface area contributed by atoms with Gasteiger partial charge in [-0.05, 0) is 36.3 Å². The van der Waals surface area contributed by atoms with Crippen LogP contribution in [0.3, 0.4) is 0 Å². The Morgan fingerprint density at radius 3 is 2.39 bits per heavy atom. The fourth-order valence-electron chi connectivity index (χ4n) is 3.45. The molecular weight excluding hydrogens is 398 g/mol. The molecule has 28 heavy (non-hydrogen) atoms. The first-order valence-corrected chi connectivity index (χ1v) is 11.5. The van der Waals surface area contributed by atoms with Crippen molar-refractivity contribution in [2.24, 2.45) is 5.73 Å². The number of amides is 1. The molecule has 0 bridgehead atoms. The molecule has 0 aliphatic carbocycles. The van der Waals surface area contributed by atoms with E-state index in [0.29, 0.717) is 25.3 Å². The van der Waals surface area contributed by atoms with E-state index in [4.69, 9.17) is 5.73 Å². The summed E-state index contributed by atoms with van der Waals surface area (Å²) in [7, 11) is -3.39. The van der Waals surface area contributed by atoms with Crippen molar-refractivity contribution in [3.05, 3.63) is 35.4 Å². The molecule has 2 rings (SSSR count). The zero-order chi connectivity index (χ0) is 20.0. The molecule has 1 aromatic rings. The lowest BCUT2D eigenvalue weighted by Gasteiger charge is -2.33. The van der Waals surface area contributed by atoms with E-state index in [1.165, 1.54) is 9.87 Å². The maximum atomic E-state index is 12.7. The van der Waals surface area contributed by atoms with Gasteiger partial charge in [-0.1, -0.05) is 51.5 Å². The predicted octanol–water partition coefficient (Wildman–Crippen LogP) is 2.94. The first kappa shape index (κ1) is 24.9. The first-order valence-electron chi connectivity index (χ1n) is 9.89. The highest BCUT2D eigenvalue weighted by Crippen LogP contribution is 2.22. The third-order valence-electron chi connectivity index (χ3n) is 5.10. The number of nitrogens with zero attached hydrogens (tertiary/aromatic N) is 1. The van der Waals surface area contributed by atoms with Crippen molar-refractivity contribution in [2.75, 3.05) is 18.8 Å². The summed E-state index contributed by atoms with van der Waals surface area (Å²) in [6, 6.07) is 7.16. The predicted molar refractivity (Wildman–Crippen MR) is 116 cm³/mol. The van der Waals surface area contributed by atoms with E-state index in [1.54, 1.807) is 0 Å². The van der Waals surface area contributed by atoms with Crippen molar-refractivity contribution in [3.8, 4) is 0 Å². The zero-order valence-corrected chi connectivity index (χ0v) is 18.7. The number of halogens is 1. The maximum absolute atomic E-state index is 12.7. The van der Waals surface area contributed by atoms with Crippen LogP contribution in [0, 0.1) is 0 Å². The highest BCUT2D eigenvalue weighted by Gasteiger charge is 2.36. The van der Waals surface area contributed by atoms with E-state index >= 15 is 0 Å². The lowest BCUT2D eigenvalue weighted by molar-refractivity contribution is -0.125. The van der Waals surface area contributed by atoms with E-state index < -0.39 is 16.1 Å². The smallest absolute Gasteiger partial charge is 0.238 e. The second-order valence-corrected chi connectivity index (χ2v) is 9.65. The molecule has 6 nitrogen and oxygen atoms in total. The highest BCUT2D eigenvalue weighted by molar-refractivity contribution is 7.89. The minimum Gasteiger partial charge on any atom is -0.353 e. The molecule has 2 unspecified atom stereocenters. The van der Waals surface area contributed by atoms with Crippen LogP contribution in [0.2, 0.25) is 0 Å². The molecule has 2 atom stereocenters. The van der Waals surface area contributed by atoms with Gasteiger partial charge < -0.3 is 11.1 Å². The number of carbonyl (C=O) groups excluding carboxylic acids is 1. The van der Waals surface area contributed by atoms with Gasteiger partial charge in [-0.25, -0.2) is 8.42 Å². The molecule has 3 N–H and O–H groups in total. The molecule has 160 valence electrons. The summed E-state index contributed by atoms with van der Waals surface area (Å²) in [6.45, 7) is 6.82. The summed E-state index contributed by atoms with van der Waals surface area (Å²) in [5.74, 6) is 0.291. The van der Waals surface area contributed by atoms with Crippen LogP contribution in [0.4, 0.5) is 0 Å². The van der Waals surface area contributed by atoms with Crippen molar-refractivity contribution in [2.45, 2.75) is 64.5 Å². The monoisotopic (exact) mass is 431 g/mol. The maximum Gasteiger partial charge on any atom is 0.238 e. The summed E-state index contributed by atoms with van der Waals surface area (Å²) in [5.41, 5.74) is 8.42. The molecule has 1 aliphatic rings. The van der Waals surface area contributed by atoms with Gasteiger partial charge in [0.2, 0.25) is 15.9 Å². The largest absolute Gasteiger partial charge is 0.353 e. The number of nitrogens with one attached hydrogen (secondary N) is 1. The van der Waals surface area contributed by atoms with E-state index in [0.717, 1.165) is 18.4 Å². The Balaban J connectivity index is 0.00000392. The van der Waals surface area contributed by atoms with Crippen LogP contribution in [0.1, 0.15) is 69.5 Å². The average molecular weight is 432 g/mol. The van der Waals surface area contributed by atoms with Crippen molar-refractivity contribution in [1.29, 1.82) is 0 Å². The van der Waals surface area contributed by atoms with Crippen LogP contribution in [0.15, 0.2) is 24.3 Å². The molecule has 0 radical (unpaired) electrons. The molecule has 0 aromatic heterocycles. The van der Waals surface area contributed by atoms with Crippen molar-refractivity contribution >= 4 is 28.3 Å². The summed E-state index contributed by atoms with van der Waals surface area (Å²) in [5, 5.41) is 2.86. The van der Waals surface area contributed by atoms with Gasteiger partial charge in [-0.15, -0.1) is 12.4 Å². The highest BCUT2D eigenvalue weighted by atomic mass is 35.5. The molecular formula is C20H34ClN3O3S. The van der Waals surface area contributed by atoms with Crippen LogP contribution >= 0.6 is 12.4 Å². The van der Waals surface area contributed by atoms with Crippen molar-refractivity contribution < 1.29 is 13.2 Å². The number of piperidine rings is 1. The Morgan fingerprint density at radius 1 is 1.21 bits per heavy atom. The second-order valence-electron chi connectivity index (χ2n) is 7.61. The Hall–Kier alpha value is -1.15. The number of hydrogen-bond acceptors (Lipinski definition) is 4. The topological polar surface area (TPSA) is 92.5 Å². The molecule has 1 aromatic carbocycles. The standard InChI is InChI=1S/C20H33N3O3S.ClH/c1-4-13-27(25,26)23-12-6-5-7-19(23)20(24)22-14-18(21)17-10-8-16(9-11-17)15(2)3;/h8-11,15,18-19H,4-7,12-14,21H2,1-3H3,(H,22,24);1H. The lowest BCUT2D eigenvalue weighted by atomic mass is 9.99. The van der Waals surface area contributed by atoms with Gasteiger partial charge >= 0.3 is 0 Å². The van der Waals surface area contributed by atoms with Crippen LogP contribution in [-0.2, 0) is 14.8 Å². The average Bonchev–Trinajstić information content (AvgIpc) is 2.65. The van der Waals surface area contributed by atoms with E-state index in [2.05, 4.69) is 31.3 Å². The van der Waals surface area contributed by atoms with Crippen LogP contribution in [0.25, 0.3) is 0 Å². The molecule has 1 fully saturated rings. The van der Waals surface area contributed by atoms with Gasteiger partial charge in [0.1, 0.15) is 6.04 Å². The van der Waals surface area contributed by atoms with Gasteiger partial charge in [-0.2, -0.15) is 4.31 Å². The summed E-state index contributed by atoms with van der Waals surface area (Å²) >= 11 is 0. The zero-order valence-electron chi connectivity index (χ0n) is 17.1. The van der Waals surface area contributed by atoms with Gasteiger partial charge in [-0.3, -0.25) is 4.79 Å². The number of rotatable bonds is 8. The Morgan fingerprint density at radius 2 is 1.82 bits per heavy atom. The number of sulfonamides is 1. The molecule has 1 aliphatic heterocycles. The Kier molecular flexibility index (Phi) is 9.90. The molecule has 1 amide bonds. The lowest BCUT2D eigenvalue weighted by Crippen LogP contribution is -2.53. The van der Waals surface area contributed by atoms with Crippen LogP contribution in [-0.4, -0.2) is 43.5 Å². The van der Waals surface area contributed by atoms with Crippen LogP contribution < -0.4 is 11.1 Å². The van der Waals surface area contributed by atoms with Gasteiger partial charge in [0, 0.05) is 19.1 Å². The van der Waals surface area contributed by atoms with Gasteiger partial charge in [0.25, 0.3) is 0 Å². The summed E-state index contributed by atoms with van der Waals surface area (Å²) in [4.78, 5) is 12.7. The minimum atomic E-state index is -3.39. The van der Waals surface area contributed by atoms with E-state index in [9.17, 15) is 13.2 Å². The van der Waals surface area contributed by atoms with E-state index in [-0.39, 0.29) is 36.7 Å². The van der Waals surface area contributed by atoms with Gasteiger partial charge in [0.05, 0.1) is 5.75 Å². The van der Waals surface area contributed by atoms with Crippen LogP contribution in [0.5, 0.6) is 0 Å². The molecule has 0 spiro atoms. The van der Waals surface area contributed by atoms with Crippen molar-refractivity contribution in [3.63, 3.8) is 0 Å². The Bertz CT molecular complexity index is 723. The number of hydrogen-bond donors (Lipinski definition) is 2. The number of nitrogens with two attached hydrogens (primary N) is 1. The summed E-state index contributed by atoms with van der Waals surface area (Å²) < 4.78 is 26.3. The SMILES string of the molecule is CCCS(=O)(=O)N1CCCCC1C(=O)NCC(N)c1ccc(C(C)C)cc1.Cl. The minimum absolute atomic E-state index is 0. The number of benzene rings is 1. The fourth-order valence-corrected chi connectivity index (χ4v) is 5.20. The fraction of sp³-hybridized carbons (Fsp3) is 0.650. The molecule has 1 saturated heterocycles. The normalized spacial score (nSPS) is 19.1. The van der Waals surface area contributed by atoms with Gasteiger partial charge in [0.15, 0.2) is 0 Å². The number of carbonyl (C=O) groups is 1. The van der Waals surface area contributed by atoms with E-state index in [1.807, 2.05) is 19.1 Å². The molecule has 0 saturated carbocycles. The molecule has 8 heteroatoms.